The van der Waals surface area contributed by atoms with E-state index in [0.717, 1.165) is 22.4 Å². The Morgan fingerprint density at radius 2 is 1.82 bits per heavy atom. The second-order valence-electron chi connectivity index (χ2n) is 7.14. The van der Waals surface area contributed by atoms with Gasteiger partial charge in [-0.2, -0.15) is 10.2 Å². The Balaban J connectivity index is 1.42. The van der Waals surface area contributed by atoms with Crippen LogP contribution in [0.1, 0.15) is 21.7 Å². The van der Waals surface area contributed by atoms with Gasteiger partial charge in [0.15, 0.2) is 0 Å². The lowest BCUT2D eigenvalue weighted by atomic mass is 10.1. The third kappa shape index (κ3) is 5.01. The van der Waals surface area contributed by atoms with Crippen molar-refractivity contribution in [1.29, 1.82) is 0 Å². The molecule has 0 radical (unpaired) electrons. The number of aromatic nitrogens is 5. The van der Waals surface area contributed by atoms with Gasteiger partial charge in [0.25, 0.3) is 0 Å². The number of hydrogen-bond donors (Lipinski definition) is 2. The van der Waals surface area contributed by atoms with Crippen molar-refractivity contribution < 1.29 is 19.1 Å². The predicted molar refractivity (Wildman–Crippen MR) is 119 cm³/mol. The van der Waals surface area contributed by atoms with Gasteiger partial charge in [-0.3, -0.25) is 9.48 Å². The van der Waals surface area contributed by atoms with Crippen LogP contribution in [-0.4, -0.2) is 41.5 Å². The van der Waals surface area contributed by atoms with E-state index in [1.54, 1.807) is 60.4 Å². The zero-order valence-electron chi connectivity index (χ0n) is 17.5. The number of nitrogens with one attached hydrogen (secondary N) is 1. The smallest absolute Gasteiger partial charge is 0.373 e. The number of benzene rings is 2. The molecular formula is C23H19FN6O3. The molecule has 10 heteroatoms. The minimum atomic E-state index is -1.15. The van der Waals surface area contributed by atoms with E-state index in [1.165, 1.54) is 29.2 Å². The Labute approximate surface area is 187 Å². The van der Waals surface area contributed by atoms with Crippen LogP contribution in [0.5, 0.6) is 0 Å². The summed E-state index contributed by atoms with van der Waals surface area (Å²) in [4.78, 5) is 27.2. The lowest BCUT2D eigenvalue weighted by molar-refractivity contribution is -0.111. The molecular weight excluding hydrogens is 427 g/mol. The van der Waals surface area contributed by atoms with Crippen LogP contribution in [0.3, 0.4) is 0 Å². The second-order valence-corrected chi connectivity index (χ2v) is 7.14. The third-order valence-electron chi connectivity index (χ3n) is 4.86. The molecule has 1 amide bonds. The summed E-state index contributed by atoms with van der Waals surface area (Å²) in [6, 6.07) is 13.0. The second kappa shape index (κ2) is 9.27. The molecule has 0 spiro atoms. The monoisotopic (exact) mass is 446 g/mol. The highest BCUT2D eigenvalue weighted by molar-refractivity contribution is 6.02. The molecule has 0 aliphatic carbocycles. The molecule has 2 aromatic heterocycles. The van der Waals surface area contributed by atoms with Crippen molar-refractivity contribution in [2.75, 3.05) is 5.32 Å². The third-order valence-corrected chi connectivity index (χ3v) is 4.86. The number of halogens is 1. The molecule has 0 saturated carbocycles. The van der Waals surface area contributed by atoms with E-state index in [-0.39, 0.29) is 24.1 Å². The Morgan fingerprint density at radius 1 is 1.09 bits per heavy atom. The molecule has 33 heavy (non-hydrogen) atoms. The van der Waals surface area contributed by atoms with Crippen molar-refractivity contribution in [3.8, 4) is 11.3 Å². The number of carbonyl (C=O) groups is 2. The number of hydrogen-bond acceptors (Lipinski definition) is 5. The summed E-state index contributed by atoms with van der Waals surface area (Å²) in [5, 5.41) is 20.0. The predicted octanol–water partition coefficient (Wildman–Crippen LogP) is 3.22. The number of nitrogens with zero attached hydrogens (tertiary/aromatic N) is 5. The molecule has 2 N–H and O–H groups in total. The van der Waals surface area contributed by atoms with Crippen molar-refractivity contribution >= 4 is 23.6 Å². The van der Waals surface area contributed by atoms with Crippen molar-refractivity contribution in [3.05, 3.63) is 89.9 Å². The normalized spacial score (nSPS) is 11.1. The highest BCUT2D eigenvalue weighted by Crippen LogP contribution is 2.24. The average molecular weight is 446 g/mol. The van der Waals surface area contributed by atoms with Crippen LogP contribution in [0.2, 0.25) is 0 Å². The van der Waals surface area contributed by atoms with Crippen LogP contribution >= 0.6 is 0 Å². The van der Waals surface area contributed by atoms with Gasteiger partial charge in [-0.1, -0.05) is 12.1 Å². The maximum absolute atomic E-state index is 13.2. The lowest BCUT2D eigenvalue weighted by Crippen LogP contribution is -2.12. The number of amides is 1. The van der Waals surface area contributed by atoms with E-state index >= 15 is 0 Å². The standard InChI is InChI=1S/C23H19FN6O3/c1-29-21(16-4-7-18(24)8-5-16)17(12-26-29)6-11-20(31)28-19-9-2-15(3-10-19)13-30-22(23(32)33)25-14-27-30/h2-12,14H,13H2,1H3,(H,28,31)(H,32,33). The summed E-state index contributed by atoms with van der Waals surface area (Å²) in [5.41, 5.74) is 3.64. The number of aryl methyl sites for hydroxylation is 1. The Morgan fingerprint density at radius 3 is 2.52 bits per heavy atom. The first-order chi connectivity index (χ1) is 15.9. The fraction of sp³-hybridized carbons (Fsp3) is 0.0870. The molecule has 0 saturated heterocycles. The molecule has 0 atom stereocenters. The molecule has 2 aromatic carbocycles. The summed E-state index contributed by atoms with van der Waals surface area (Å²) < 4.78 is 16.2. The van der Waals surface area contributed by atoms with Gasteiger partial charge in [-0.15, -0.1) is 0 Å². The maximum Gasteiger partial charge on any atom is 0.373 e. The molecule has 0 aliphatic heterocycles. The van der Waals surface area contributed by atoms with Crippen molar-refractivity contribution in [2.24, 2.45) is 7.05 Å². The largest absolute Gasteiger partial charge is 0.475 e. The van der Waals surface area contributed by atoms with Crippen molar-refractivity contribution in [3.63, 3.8) is 0 Å². The first-order valence-electron chi connectivity index (χ1n) is 9.88. The number of aromatic carboxylic acids is 1. The fourth-order valence-electron chi connectivity index (χ4n) is 3.30. The first kappa shape index (κ1) is 21.6. The quantitative estimate of drug-likeness (QED) is 0.421. The van der Waals surface area contributed by atoms with Gasteiger partial charge in [0.2, 0.25) is 11.7 Å². The number of carboxylic acid groups (broad SMARTS) is 1. The van der Waals surface area contributed by atoms with Crippen LogP contribution in [0.25, 0.3) is 17.3 Å². The minimum absolute atomic E-state index is 0.145. The van der Waals surface area contributed by atoms with Crippen molar-refractivity contribution in [1.82, 2.24) is 24.5 Å². The first-order valence-corrected chi connectivity index (χ1v) is 9.88. The number of anilines is 1. The topological polar surface area (TPSA) is 115 Å². The lowest BCUT2D eigenvalue weighted by Gasteiger charge is -2.06. The minimum Gasteiger partial charge on any atom is -0.475 e. The van der Waals surface area contributed by atoms with E-state index < -0.39 is 5.97 Å². The van der Waals surface area contributed by atoms with Gasteiger partial charge in [0, 0.05) is 29.9 Å². The van der Waals surface area contributed by atoms with Gasteiger partial charge in [0.1, 0.15) is 12.1 Å². The molecule has 166 valence electrons. The average Bonchev–Trinajstić information content (AvgIpc) is 3.41. The van der Waals surface area contributed by atoms with E-state index in [9.17, 15) is 14.0 Å². The summed E-state index contributed by atoms with van der Waals surface area (Å²) in [6.07, 6.45) is 5.86. The molecule has 9 nitrogen and oxygen atoms in total. The van der Waals surface area contributed by atoms with Crippen LogP contribution in [0, 0.1) is 5.82 Å². The Bertz CT molecular complexity index is 1320. The van der Waals surface area contributed by atoms with Gasteiger partial charge in [-0.05, 0) is 48.0 Å². The number of rotatable bonds is 7. The highest BCUT2D eigenvalue weighted by Gasteiger charge is 2.12. The van der Waals surface area contributed by atoms with Gasteiger partial charge < -0.3 is 10.4 Å². The Kier molecular flexibility index (Phi) is 6.07. The van der Waals surface area contributed by atoms with Crippen LogP contribution in [0.4, 0.5) is 10.1 Å². The van der Waals surface area contributed by atoms with Crippen LogP contribution in [-0.2, 0) is 18.4 Å². The molecule has 4 rings (SSSR count). The van der Waals surface area contributed by atoms with Crippen molar-refractivity contribution in [2.45, 2.75) is 6.54 Å². The fourth-order valence-corrected chi connectivity index (χ4v) is 3.30. The summed E-state index contributed by atoms with van der Waals surface area (Å²) in [7, 11) is 1.77. The highest BCUT2D eigenvalue weighted by atomic mass is 19.1. The van der Waals surface area contributed by atoms with E-state index in [4.69, 9.17) is 5.11 Å². The van der Waals surface area contributed by atoms with E-state index in [1.807, 2.05) is 0 Å². The molecule has 2 heterocycles. The SMILES string of the molecule is Cn1ncc(C=CC(=O)Nc2ccc(Cn3ncnc3C(=O)O)cc2)c1-c1ccc(F)cc1. The number of carbonyl (C=O) groups excluding carboxylic acids is 1. The summed E-state index contributed by atoms with van der Waals surface area (Å²) in [5.74, 6) is -1.96. The van der Waals surface area contributed by atoms with E-state index in [0.29, 0.717) is 5.69 Å². The molecule has 0 unspecified atom stereocenters. The molecule has 0 aliphatic rings. The van der Waals surface area contributed by atoms with Gasteiger partial charge in [0.05, 0.1) is 18.4 Å². The molecule has 0 fully saturated rings. The van der Waals surface area contributed by atoms with Gasteiger partial charge in [-0.25, -0.2) is 18.9 Å². The number of carboxylic acids is 1. The van der Waals surface area contributed by atoms with E-state index in [2.05, 4.69) is 20.5 Å². The summed E-state index contributed by atoms with van der Waals surface area (Å²) >= 11 is 0. The summed E-state index contributed by atoms with van der Waals surface area (Å²) in [6.45, 7) is 0.239. The molecule has 4 aromatic rings. The zero-order chi connectivity index (χ0) is 23.4. The zero-order valence-corrected chi connectivity index (χ0v) is 17.5. The van der Waals surface area contributed by atoms with Gasteiger partial charge >= 0.3 is 5.97 Å². The van der Waals surface area contributed by atoms with Crippen LogP contribution in [0.15, 0.2) is 67.1 Å². The molecule has 0 bridgehead atoms. The van der Waals surface area contributed by atoms with Crippen LogP contribution < -0.4 is 5.32 Å². The maximum atomic E-state index is 13.2. The Hall–Kier alpha value is -4.60.